The Bertz CT molecular complexity index is 455. The number of hydrogen-bond acceptors (Lipinski definition) is 7. The molecule has 0 aromatic carbocycles. The molecule has 7 heteroatoms. The Morgan fingerprint density at radius 3 is 3.06 bits per heavy atom. The van der Waals surface area contributed by atoms with Crippen LogP contribution in [0.15, 0.2) is 17.1 Å². The first kappa shape index (κ1) is 10.3. The number of nitrogens with one attached hydrogen (secondary N) is 1. The van der Waals surface area contributed by atoms with Gasteiger partial charge in [-0.15, -0.1) is 0 Å². The minimum Gasteiger partial charge on any atom is -0.369 e. The number of nitrogen functional groups attached to an aromatic ring is 1. The van der Waals surface area contributed by atoms with E-state index in [1.165, 1.54) is 6.39 Å². The number of rotatable bonds is 4. The third kappa shape index (κ3) is 2.44. The van der Waals surface area contributed by atoms with E-state index in [-0.39, 0.29) is 5.95 Å². The summed E-state index contributed by atoms with van der Waals surface area (Å²) in [5, 5.41) is 6.84. The number of aromatic nitrogens is 4. The molecule has 3 N–H and O–H groups in total. The maximum Gasteiger partial charge on any atom is 0.221 e. The van der Waals surface area contributed by atoms with Crippen LogP contribution in [0.4, 0.5) is 11.8 Å². The van der Waals surface area contributed by atoms with E-state index in [1.807, 2.05) is 6.92 Å². The van der Waals surface area contributed by atoms with Crippen molar-refractivity contribution in [1.29, 1.82) is 0 Å². The summed E-state index contributed by atoms with van der Waals surface area (Å²) >= 11 is 0. The Morgan fingerprint density at radius 2 is 2.31 bits per heavy atom. The minimum atomic E-state index is 0.257. The third-order valence-corrected chi connectivity index (χ3v) is 2.04. The molecule has 0 fully saturated rings. The Morgan fingerprint density at radius 1 is 1.44 bits per heavy atom. The van der Waals surface area contributed by atoms with Gasteiger partial charge in [0.15, 0.2) is 5.82 Å². The summed E-state index contributed by atoms with van der Waals surface area (Å²) in [5.74, 6) is 1.65. The molecule has 84 valence electrons. The van der Waals surface area contributed by atoms with Crippen LogP contribution in [0.25, 0.3) is 0 Å². The average molecular weight is 220 g/mol. The van der Waals surface area contributed by atoms with Crippen LogP contribution in [0.2, 0.25) is 0 Å². The zero-order chi connectivity index (χ0) is 11.4. The summed E-state index contributed by atoms with van der Waals surface area (Å²) in [5.41, 5.74) is 6.44. The van der Waals surface area contributed by atoms with Gasteiger partial charge in [-0.1, -0.05) is 5.16 Å². The van der Waals surface area contributed by atoms with Crippen molar-refractivity contribution in [3.8, 4) is 0 Å². The van der Waals surface area contributed by atoms with Gasteiger partial charge in [-0.2, -0.15) is 9.97 Å². The molecule has 2 rings (SSSR count). The molecule has 0 spiro atoms. The lowest BCUT2D eigenvalue weighted by atomic mass is 10.3. The molecular formula is C9H12N6O. The van der Waals surface area contributed by atoms with Crippen LogP contribution < -0.4 is 11.1 Å². The van der Waals surface area contributed by atoms with Crippen LogP contribution in [0.1, 0.15) is 11.4 Å². The Hall–Kier alpha value is -2.18. The van der Waals surface area contributed by atoms with E-state index in [0.717, 1.165) is 11.4 Å². The van der Waals surface area contributed by atoms with Gasteiger partial charge in [0.2, 0.25) is 12.3 Å². The van der Waals surface area contributed by atoms with Crippen molar-refractivity contribution in [2.45, 2.75) is 13.3 Å². The topological polar surface area (TPSA) is 103 Å². The third-order valence-electron chi connectivity index (χ3n) is 2.04. The molecule has 16 heavy (non-hydrogen) atoms. The van der Waals surface area contributed by atoms with Gasteiger partial charge in [0.05, 0.1) is 0 Å². The Labute approximate surface area is 92.1 Å². The molecule has 0 amide bonds. The van der Waals surface area contributed by atoms with Crippen LogP contribution in [0.5, 0.6) is 0 Å². The average Bonchev–Trinajstić information content (AvgIpc) is 2.76. The maximum absolute atomic E-state index is 5.49. The van der Waals surface area contributed by atoms with Crippen LogP contribution in [0.3, 0.4) is 0 Å². The highest BCUT2D eigenvalue weighted by Crippen LogP contribution is 2.10. The normalized spacial score (nSPS) is 10.3. The van der Waals surface area contributed by atoms with Crippen LogP contribution >= 0.6 is 0 Å². The van der Waals surface area contributed by atoms with Gasteiger partial charge in [0, 0.05) is 24.7 Å². The van der Waals surface area contributed by atoms with E-state index >= 15 is 0 Å². The molecule has 0 saturated heterocycles. The summed E-state index contributed by atoms with van der Waals surface area (Å²) in [6.07, 6.45) is 3.65. The second-order valence-electron chi connectivity index (χ2n) is 3.28. The molecule has 7 nitrogen and oxygen atoms in total. The monoisotopic (exact) mass is 220 g/mol. The van der Waals surface area contributed by atoms with Gasteiger partial charge in [0.25, 0.3) is 0 Å². The SMILES string of the molecule is Cc1cnc(N)nc1NCCc1ncon1. The van der Waals surface area contributed by atoms with Gasteiger partial charge in [0.1, 0.15) is 5.82 Å². The number of anilines is 2. The first-order chi connectivity index (χ1) is 7.75. The van der Waals surface area contributed by atoms with Gasteiger partial charge >= 0.3 is 0 Å². The predicted octanol–water partition coefficient (Wildman–Crippen LogP) is 0.405. The summed E-state index contributed by atoms with van der Waals surface area (Å²) in [7, 11) is 0. The van der Waals surface area contributed by atoms with E-state index < -0.39 is 0 Å². The molecule has 0 saturated carbocycles. The molecule has 2 aromatic heterocycles. The quantitative estimate of drug-likeness (QED) is 0.768. The lowest BCUT2D eigenvalue weighted by Crippen LogP contribution is -2.10. The van der Waals surface area contributed by atoms with Gasteiger partial charge < -0.3 is 15.6 Å². The lowest BCUT2D eigenvalue weighted by Gasteiger charge is -2.06. The highest BCUT2D eigenvalue weighted by atomic mass is 16.5. The minimum absolute atomic E-state index is 0.257. The van der Waals surface area contributed by atoms with E-state index in [4.69, 9.17) is 5.73 Å². The van der Waals surface area contributed by atoms with Crippen molar-refractivity contribution < 1.29 is 4.52 Å². The molecule has 0 radical (unpaired) electrons. The second-order valence-corrected chi connectivity index (χ2v) is 3.28. The fraction of sp³-hybridized carbons (Fsp3) is 0.333. The first-order valence-electron chi connectivity index (χ1n) is 4.84. The van der Waals surface area contributed by atoms with Crippen molar-refractivity contribution >= 4 is 11.8 Å². The molecule has 0 atom stereocenters. The predicted molar refractivity (Wildman–Crippen MR) is 57.7 cm³/mol. The number of nitrogens with zero attached hydrogens (tertiary/aromatic N) is 4. The molecular weight excluding hydrogens is 208 g/mol. The highest BCUT2D eigenvalue weighted by molar-refractivity contribution is 5.44. The van der Waals surface area contributed by atoms with Crippen LogP contribution in [0, 0.1) is 6.92 Å². The molecule has 2 heterocycles. The van der Waals surface area contributed by atoms with Gasteiger partial charge in [-0.3, -0.25) is 0 Å². The molecule has 0 aliphatic carbocycles. The Kier molecular flexibility index (Phi) is 2.95. The fourth-order valence-electron chi connectivity index (χ4n) is 1.23. The van der Waals surface area contributed by atoms with Gasteiger partial charge in [-0.05, 0) is 6.92 Å². The summed E-state index contributed by atoms with van der Waals surface area (Å²) in [6, 6.07) is 0. The summed E-state index contributed by atoms with van der Waals surface area (Å²) in [4.78, 5) is 11.9. The summed E-state index contributed by atoms with van der Waals surface area (Å²) in [6.45, 7) is 2.58. The zero-order valence-corrected chi connectivity index (χ0v) is 8.84. The van der Waals surface area contributed by atoms with Gasteiger partial charge in [-0.25, -0.2) is 4.98 Å². The van der Waals surface area contributed by atoms with E-state index in [0.29, 0.717) is 18.8 Å². The highest BCUT2D eigenvalue weighted by Gasteiger charge is 2.02. The summed E-state index contributed by atoms with van der Waals surface area (Å²) < 4.78 is 4.63. The van der Waals surface area contributed by atoms with Crippen molar-refractivity contribution in [2.75, 3.05) is 17.6 Å². The van der Waals surface area contributed by atoms with Crippen molar-refractivity contribution in [1.82, 2.24) is 20.1 Å². The second kappa shape index (κ2) is 4.56. The molecule has 0 aliphatic rings. The number of nitrogens with two attached hydrogens (primary N) is 1. The number of aryl methyl sites for hydroxylation is 1. The maximum atomic E-state index is 5.49. The molecule has 0 aliphatic heterocycles. The molecule has 2 aromatic rings. The van der Waals surface area contributed by atoms with E-state index in [1.54, 1.807) is 6.20 Å². The van der Waals surface area contributed by atoms with Crippen molar-refractivity contribution in [3.63, 3.8) is 0 Å². The van der Waals surface area contributed by atoms with Crippen LogP contribution in [-0.4, -0.2) is 26.7 Å². The standard InChI is InChI=1S/C9H12N6O/c1-6-4-12-9(10)14-8(6)11-3-2-7-13-5-16-15-7/h4-5H,2-3H2,1H3,(H3,10,11,12,14). The van der Waals surface area contributed by atoms with Crippen molar-refractivity contribution in [3.05, 3.63) is 24.0 Å². The number of hydrogen-bond donors (Lipinski definition) is 2. The first-order valence-corrected chi connectivity index (χ1v) is 4.84. The van der Waals surface area contributed by atoms with E-state index in [9.17, 15) is 0 Å². The Balaban J connectivity index is 1.92. The fourth-order valence-corrected chi connectivity index (χ4v) is 1.23. The smallest absolute Gasteiger partial charge is 0.221 e. The van der Waals surface area contributed by atoms with Crippen LogP contribution in [-0.2, 0) is 6.42 Å². The van der Waals surface area contributed by atoms with Crippen molar-refractivity contribution in [2.24, 2.45) is 0 Å². The molecule has 0 unspecified atom stereocenters. The zero-order valence-electron chi connectivity index (χ0n) is 8.84. The van der Waals surface area contributed by atoms with E-state index in [2.05, 4.69) is 29.9 Å². The molecule has 0 bridgehead atoms. The largest absolute Gasteiger partial charge is 0.369 e. The lowest BCUT2D eigenvalue weighted by molar-refractivity contribution is 0.410.